The van der Waals surface area contributed by atoms with E-state index in [4.69, 9.17) is 4.74 Å². The monoisotopic (exact) mass is 407 g/mol. The molecule has 0 aromatic heterocycles. The number of dihydropyridines is 1. The molecule has 0 spiro atoms. The third-order valence-corrected chi connectivity index (χ3v) is 2.50. The van der Waals surface area contributed by atoms with Crippen molar-refractivity contribution in [2.24, 2.45) is 0 Å². The maximum atomic E-state index is 4.89. The summed E-state index contributed by atoms with van der Waals surface area (Å²) in [5.41, 5.74) is 0. The van der Waals surface area contributed by atoms with Crippen LogP contribution in [0.4, 0.5) is 0 Å². The van der Waals surface area contributed by atoms with Crippen LogP contribution in [0.1, 0.15) is 80.1 Å². The summed E-state index contributed by atoms with van der Waals surface area (Å²) in [6.07, 6.45) is 13.8. The van der Waals surface area contributed by atoms with Crippen LogP contribution >= 0.6 is 0 Å². The summed E-state index contributed by atoms with van der Waals surface area (Å²) in [6.45, 7) is 14.0. The summed E-state index contributed by atoms with van der Waals surface area (Å²) in [7, 11) is 1.65. The Balaban J connectivity index is -0.0000000973. The number of hydrogen-bond donors (Lipinski definition) is 1. The van der Waals surface area contributed by atoms with E-state index in [1.165, 1.54) is 38.5 Å². The van der Waals surface area contributed by atoms with E-state index >= 15 is 0 Å². The van der Waals surface area contributed by atoms with Gasteiger partial charge in [0.25, 0.3) is 0 Å². The zero-order chi connectivity index (χ0) is 16.1. The summed E-state index contributed by atoms with van der Waals surface area (Å²) >= 11 is 0. The molecule has 21 heavy (non-hydrogen) atoms. The number of hydrogen-bond acceptors (Lipinski definition) is 2. The van der Waals surface area contributed by atoms with Crippen LogP contribution in [0.2, 0.25) is 0 Å². The second-order valence-electron chi connectivity index (χ2n) is 4.54. The molecule has 0 amide bonds. The topological polar surface area (TPSA) is 21.3 Å². The van der Waals surface area contributed by atoms with Crippen LogP contribution in [0.15, 0.2) is 24.1 Å². The summed E-state index contributed by atoms with van der Waals surface area (Å²) < 4.78 is 4.89. The van der Waals surface area contributed by atoms with Crippen molar-refractivity contribution in [3.05, 3.63) is 24.1 Å². The number of unbranched alkanes of at least 4 members (excludes halogenated alkanes) is 3. The number of rotatable bonds is 4. The Morgan fingerprint density at radius 3 is 1.38 bits per heavy atom. The molecular weight excluding hydrogens is 365 g/mol. The van der Waals surface area contributed by atoms with Crippen molar-refractivity contribution in [2.75, 3.05) is 13.7 Å². The molecule has 0 unspecified atom stereocenters. The Bertz CT molecular complexity index is 188. The molecule has 0 bridgehead atoms. The third kappa shape index (κ3) is 38.3. The Labute approximate surface area is 151 Å². The molecule has 3 heteroatoms. The van der Waals surface area contributed by atoms with Crippen LogP contribution in [0.3, 0.4) is 0 Å². The van der Waals surface area contributed by atoms with Crippen LogP contribution in [0.25, 0.3) is 0 Å². The van der Waals surface area contributed by atoms with Crippen molar-refractivity contribution >= 4 is 23.9 Å². The molecule has 0 fully saturated rings. The van der Waals surface area contributed by atoms with E-state index in [0.717, 1.165) is 12.4 Å². The second-order valence-corrected chi connectivity index (χ2v) is 4.54. The molecule has 0 atom stereocenters. The van der Waals surface area contributed by atoms with Gasteiger partial charge in [-0.25, -0.2) is 0 Å². The number of allylic oxidation sites excluding steroid dienone is 2. The van der Waals surface area contributed by atoms with Crippen LogP contribution in [-0.4, -0.2) is 37.6 Å². The molecule has 1 heterocycles. The second kappa shape index (κ2) is 32.0. The first-order chi connectivity index (χ1) is 9.67. The zero-order valence-electron chi connectivity index (χ0n) is 15.8. The summed E-state index contributed by atoms with van der Waals surface area (Å²) in [5.74, 6) is 0.840. The van der Waals surface area contributed by atoms with Crippen LogP contribution in [0.5, 0.6) is 0 Å². The van der Waals surface area contributed by atoms with Gasteiger partial charge >= 0.3 is 23.9 Å². The minimum absolute atomic E-state index is 0. The predicted molar refractivity (Wildman–Crippen MR) is 103 cm³/mol. The molecule has 2 nitrogen and oxygen atoms in total. The first kappa shape index (κ1) is 29.0. The number of methoxy groups -OCH3 is 1. The molecule has 0 saturated heterocycles. The molecule has 1 aliphatic heterocycles. The Morgan fingerprint density at radius 2 is 1.24 bits per heavy atom. The molecule has 128 valence electrons. The molecule has 0 aliphatic carbocycles. The normalized spacial score (nSPS) is 10.7. The number of ether oxygens (including phenoxy) is 1. The van der Waals surface area contributed by atoms with Crippen LogP contribution in [-0.2, 0) is 4.74 Å². The van der Waals surface area contributed by atoms with Gasteiger partial charge in [-0.3, -0.25) is 0 Å². The van der Waals surface area contributed by atoms with Gasteiger partial charge in [0, 0.05) is 6.54 Å². The quantitative estimate of drug-likeness (QED) is 0.654. The van der Waals surface area contributed by atoms with Gasteiger partial charge in [0.15, 0.2) is 5.88 Å². The van der Waals surface area contributed by atoms with E-state index in [9.17, 15) is 0 Å². The Hall–Kier alpha value is -0.121. The predicted octanol–water partition coefficient (Wildman–Crippen LogP) is 5.14. The van der Waals surface area contributed by atoms with Gasteiger partial charge in [-0.05, 0) is 6.08 Å². The van der Waals surface area contributed by atoms with Crippen molar-refractivity contribution < 1.29 is 4.74 Å². The van der Waals surface area contributed by atoms with E-state index in [-0.39, 0.29) is 23.9 Å². The third-order valence-electron chi connectivity index (χ3n) is 2.50. The molecule has 1 aliphatic rings. The molecule has 1 rings (SSSR count). The number of nitrogens with one attached hydrogen (secondary N) is 1. The average Bonchev–Trinajstić information content (AvgIpc) is 2.56. The van der Waals surface area contributed by atoms with Gasteiger partial charge in [-0.15, -0.1) is 0 Å². The Kier molecular flexibility index (Phi) is 44.1. The fourth-order valence-electron chi connectivity index (χ4n) is 0.582. The van der Waals surface area contributed by atoms with Crippen molar-refractivity contribution in [3.63, 3.8) is 0 Å². The molecule has 2 radical (unpaired) electrons. The van der Waals surface area contributed by atoms with Gasteiger partial charge in [-0.2, -0.15) is 0 Å². The summed E-state index contributed by atoms with van der Waals surface area (Å²) in [6, 6.07) is 0. The van der Waals surface area contributed by atoms with Gasteiger partial charge in [0.05, 0.1) is 7.11 Å². The van der Waals surface area contributed by atoms with E-state index in [2.05, 4.69) is 46.9 Å². The summed E-state index contributed by atoms with van der Waals surface area (Å²) in [5, 5.41) is 3.02. The molecule has 0 aromatic carbocycles. The average molecular weight is 406 g/mol. The molecule has 1 N–H and O–H groups in total. The maximum absolute atomic E-state index is 4.89. The Morgan fingerprint density at radius 1 is 0.857 bits per heavy atom. The van der Waals surface area contributed by atoms with Gasteiger partial charge < -0.3 is 10.1 Å². The summed E-state index contributed by atoms with van der Waals surface area (Å²) in [4.78, 5) is 0. The first-order valence-electron chi connectivity index (χ1n) is 8.32. The standard InChI is InChI=1S/C6H9NO.3C4H10.Sn.2H/c1-8-6-4-2-3-5-7-6;3*1-3-4-2;;;/h2-4,7H,5H2,1H3;3*3-4H2,1-2H3;;;. The van der Waals surface area contributed by atoms with Gasteiger partial charge in [0.2, 0.25) is 0 Å². The van der Waals surface area contributed by atoms with Crippen molar-refractivity contribution in [3.8, 4) is 0 Å². The van der Waals surface area contributed by atoms with Crippen molar-refractivity contribution in [1.82, 2.24) is 5.32 Å². The fourth-order valence-corrected chi connectivity index (χ4v) is 0.582. The zero-order valence-corrected chi connectivity index (χ0v) is 19.8. The van der Waals surface area contributed by atoms with E-state index in [0.29, 0.717) is 0 Å². The van der Waals surface area contributed by atoms with E-state index < -0.39 is 0 Å². The van der Waals surface area contributed by atoms with Crippen LogP contribution in [0, 0.1) is 0 Å². The molecular formula is C18H41NOSn. The van der Waals surface area contributed by atoms with Gasteiger partial charge in [-0.1, -0.05) is 92.2 Å². The fraction of sp³-hybridized carbons (Fsp3) is 0.778. The first-order valence-corrected chi connectivity index (χ1v) is 8.32. The van der Waals surface area contributed by atoms with E-state index in [1.807, 2.05) is 18.2 Å². The van der Waals surface area contributed by atoms with Crippen molar-refractivity contribution in [2.45, 2.75) is 80.1 Å². The van der Waals surface area contributed by atoms with Crippen LogP contribution < -0.4 is 5.32 Å². The molecule has 0 aromatic rings. The molecule has 0 saturated carbocycles. The SMILES string of the molecule is CCCC.CCCC.CCCC.COC1=CC=CCN1.[SnH2]. The minimum atomic E-state index is 0. The van der Waals surface area contributed by atoms with Crippen molar-refractivity contribution in [1.29, 1.82) is 0 Å². The van der Waals surface area contributed by atoms with E-state index in [1.54, 1.807) is 7.11 Å². The van der Waals surface area contributed by atoms with Gasteiger partial charge in [0.1, 0.15) is 0 Å².